The first-order chi connectivity index (χ1) is 9.16. The van der Waals surface area contributed by atoms with Gasteiger partial charge < -0.3 is 5.32 Å². The molecule has 2 aromatic carbocycles. The predicted molar refractivity (Wildman–Crippen MR) is 76.5 cm³/mol. The summed E-state index contributed by atoms with van der Waals surface area (Å²) in [6.07, 6.45) is 0.841. The van der Waals surface area contributed by atoms with Gasteiger partial charge in [-0.25, -0.2) is 0 Å². The molecular weight excluding hydrogens is 240 g/mol. The summed E-state index contributed by atoms with van der Waals surface area (Å²) in [5.74, 6) is 0. The van der Waals surface area contributed by atoms with Crippen LogP contribution in [0.5, 0.6) is 0 Å². The molecule has 2 aromatic rings. The number of benzene rings is 2. The van der Waals surface area contributed by atoms with Crippen molar-refractivity contribution in [1.82, 2.24) is 0 Å². The van der Waals surface area contributed by atoms with Gasteiger partial charge in [0, 0.05) is 12.6 Å². The van der Waals surface area contributed by atoms with Gasteiger partial charge in [-0.15, -0.1) is 0 Å². The van der Waals surface area contributed by atoms with E-state index in [-0.39, 0.29) is 10.6 Å². The smallest absolute Gasteiger partial charge is 0.292 e. The molecule has 1 N–H and O–H groups in total. The number of anilines is 1. The van der Waals surface area contributed by atoms with Gasteiger partial charge in [-0.05, 0) is 25.0 Å². The van der Waals surface area contributed by atoms with Crippen LogP contribution in [0.25, 0.3) is 0 Å². The van der Waals surface area contributed by atoms with Crippen molar-refractivity contribution in [2.75, 3.05) is 11.9 Å². The average molecular weight is 256 g/mol. The maximum atomic E-state index is 10.9. The second kappa shape index (κ2) is 6.00. The fourth-order valence-electron chi connectivity index (χ4n) is 1.99. The highest BCUT2D eigenvalue weighted by Crippen LogP contribution is 2.22. The molecule has 0 bridgehead atoms. The third-order valence-corrected chi connectivity index (χ3v) is 2.91. The van der Waals surface area contributed by atoms with E-state index in [9.17, 15) is 10.1 Å². The predicted octanol–water partition coefficient (Wildman–Crippen LogP) is 3.56. The first-order valence-corrected chi connectivity index (χ1v) is 6.19. The van der Waals surface area contributed by atoms with Gasteiger partial charge in [0.05, 0.1) is 4.92 Å². The lowest BCUT2D eigenvalue weighted by Gasteiger charge is -2.07. The van der Waals surface area contributed by atoms with E-state index >= 15 is 0 Å². The molecule has 0 aliphatic heterocycles. The summed E-state index contributed by atoms with van der Waals surface area (Å²) >= 11 is 0. The fraction of sp³-hybridized carbons (Fsp3) is 0.200. The van der Waals surface area contributed by atoms with E-state index in [0.29, 0.717) is 12.2 Å². The molecule has 4 nitrogen and oxygen atoms in total. The van der Waals surface area contributed by atoms with Crippen molar-refractivity contribution in [3.05, 3.63) is 69.8 Å². The Balaban J connectivity index is 1.98. The SMILES string of the molecule is Cc1cccc(CCNc2ccccc2[N+](=O)[O-])c1. The number of nitrogens with zero attached hydrogens (tertiary/aromatic N) is 1. The molecule has 0 fully saturated rings. The van der Waals surface area contributed by atoms with Gasteiger partial charge in [-0.3, -0.25) is 10.1 Å². The molecule has 0 aliphatic carbocycles. The van der Waals surface area contributed by atoms with E-state index < -0.39 is 0 Å². The van der Waals surface area contributed by atoms with Gasteiger partial charge >= 0.3 is 0 Å². The zero-order valence-corrected chi connectivity index (χ0v) is 10.8. The minimum Gasteiger partial charge on any atom is -0.379 e. The molecular formula is C15H16N2O2. The number of rotatable bonds is 5. The van der Waals surface area contributed by atoms with Crippen LogP contribution in [0.4, 0.5) is 11.4 Å². The third kappa shape index (κ3) is 3.55. The second-order valence-corrected chi connectivity index (χ2v) is 4.44. The number of para-hydroxylation sites is 2. The molecule has 0 saturated heterocycles. The monoisotopic (exact) mass is 256 g/mol. The van der Waals surface area contributed by atoms with E-state index in [4.69, 9.17) is 0 Å². The number of nitrogens with one attached hydrogen (secondary N) is 1. The maximum absolute atomic E-state index is 10.9. The molecule has 0 aliphatic rings. The van der Waals surface area contributed by atoms with Crippen molar-refractivity contribution in [2.24, 2.45) is 0 Å². The van der Waals surface area contributed by atoms with E-state index in [1.807, 2.05) is 6.07 Å². The van der Waals surface area contributed by atoms with Crippen LogP contribution in [-0.2, 0) is 6.42 Å². The quantitative estimate of drug-likeness (QED) is 0.657. The van der Waals surface area contributed by atoms with Crippen molar-refractivity contribution in [2.45, 2.75) is 13.3 Å². The van der Waals surface area contributed by atoms with Gasteiger partial charge in [0.1, 0.15) is 5.69 Å². The lowest BCUT2D eigenvalue weighted by molar-refractivity contribution is -0.384. The van der Waals surface area contributed by atoms with Crippen LogP contribution in [0.15, 0.2) is 48.5 Å². The minimum atomic E-state index is -0.366. The van der Waals surface area contributed by atoms with Crippen molar-refractivity contribution in [1.29, 1.82) is 0 Å². The Kier molecular flexibility index (Phi) is 4.13. The van der Waals surface area contributed by atoms with E-state index in [0.717, 1.165) is 6.42 Å². The molecule has 19 heavy (non-hydrogen) atoms. The molecule has 0 unspecified atom stereocenters. The highest BCUT2D eigenvalue weighted by Gasteiger charge is 2.11. The zero-order chi connectivity index (χ0) is 13.7. The summed E-state index contributed by atoms with van der Waals surface area (Å²) in [6, 6.07) is 15.0. The number of hydrogen-bond acceptors (Lipinski definition) is 3. The van der Waals surface area contributed by atoms with Crippen LogP contribution in [0.2, 0.25) is 0 Å². The van der Waals surface area contributed by atoms with E-state index in [1.165, 1.54) is 17.2 Å². The summed E-state index contributed by atoms with van der Waals surface area (Å²) in [6.45, 7) is 2.73. The largest absolute Gasteiger partial charge is 0.379 e. The van der Waals surface area contributed by atoms with Crippen LogP contribution in [0.3, 0.4) is 0 Å². The maximum Gasteiger partial charge on any atom is 0.292 e. The van der Waals surface area contributed by atoms with Gasteiger partial charge in [-0.2, -0.15) is 0 Å². The Bertz CT molecular complexity index is 582. The molecule has 0 atom stereocenters. The third-order valence-electron chi connectivity index (χ3n) is 2.91. The topological polar surface area (TPSA) is 55.2 Å². The molecule has 0 amide bonds. The van der Waals surface area contributed by atoms with Gasteiger partial charge in [-0.1, -0.05) is 42.0 Å². The lowest BCUT2D eigenvalue weighted by atomic mass is 10.1. The summed E-state index contributed by atoms with van der Waals surface area (Å²) in [4.78, 5) is 10.5. The van der Waals surface area contributed by atoms with Gasteiger partial charge in [0.2, 0.25) is 0 Å². The number of aryl methyl sites for hydroxylation is 1. The first kappa shape index (κ1) is 13.1. The Morgan fingerprint density at radius 1 is 1.16 bits per heavy atom. The Morgan fingerprint density at radius 2 is 1.95 bits per heavy atom. The Labute approximate surface area is 112 Å². The van der Waals surface area contributed by atoms with Crippen molar-refractivity contribution >= 4 is 11.4 Å². The van der Waals surface area contributed by atoms with Crippen molar-refractivity contribution < 1.29 is 4.92 Å². The van der Waals surface area contributed by atoms with E-state index in [1.54, 1.807) is 18.2 Å². The highest BCUT2D eigenvalue weighted by atomic mass is 16.6. The molecule has 0 saturated carbocycles. The number of nitro groups is 1. The van der Waals surface area contributed by atoms with Crippen LogP contribution in [-0.4, -0.2) is 11.5 Å². The van der Waals surface area contributed by atoms with E-state index in [2.05, 4.69) is 30.4 Å². The summed E-state index contributed by atoms with van der Waals surface area (Å²) in [7, 11) is 0. The molecule has 2 rings (SSSR count). The Hall–Kier alpha value is -2.36. The Morgan fingerprint density at radius 3 is 2.68 bits per heavy atom. The standard InChI is InChI=1S/C15H16N2O2/c1-12-5-4-6-13(11-12)9-10-16-14-7-2-3-8-15(14)17(18)19/h2-8,11,16H,9-10H2,1H3. The average Bonchev–Trinajstić information content (AvgIpc) is 2.39. The molecule has 4 heteroatoms. The molecule has 0 radical (unpaired) electrons. The summed E-state index contributed by atoms with van der Waals surface area (Å²) in [5, 5.41) is 14.0. The van der Waals surface area contributed by atoms with Crippen molar-refractivity contribution in [3.8, 4) is 0 Å². The van der Waals surface area contributed by atoms with Crippen LogP contribution in [0, 0.1) is 17.0 Å². The van der Waals surface area contributed by atoms with Crippen molar-refractivity contribution in [3.63, 3.8) is 0 Å². The highest BCUT2D eigenvalue weighted by molar-refractivity contribution is 5.61. The lowest BCUT2D eigenvalue weighted by Crippen LogP contribution is -2.06. The molecule has 0 aromatic heterocycles. The molecule has 98 valence electrons. The minimum absolute atomic E-state index is 0.117. The molecule has 0 spiro atoms. The summed E-state index contributed by atoms with van der Waals surface area (Å²) in [5.41, 5.74) is 3.14. The number of nitro benzene ring substituents is 1. The van der Waals surface area contributed by atoms with Gasteiger partial charge in [0.15, 0.2) is 0 Å². The normalized spacial score (nSPS) is 10.2. The van der Waals surface area contributed by atoms with Crippen LogP contribution >= 0.6 is 0 Å². The molecule has 0 heterocycles. The summed E-state index contributed by atoms with van der Waals surface area (Å²) < 4.78 is 0. The number of hydrogen-bond donors (Lipinski definition) is 1. The second-order valence-electron chi connectivity index (χ2n) is 4.44. The first-order valence-electron chi connectivity index (χ1n) is 6.19. The van der Waals surface area contributed by atoms with Gasteiger partial charge in [0.25, 0.3) is 5.69 Å². The fourth-order valence-corrected chi connectivity index (χ4v) is 1.99. The van der Waals surface area contributed by atoms with Crippen LogP contribution < -0.4 is 5.32 Å². The van der Waals surface area contributed by atoms with Crippen LogP contribution in [0.1, 0.15) is 11.1 Å². The zero-order valence-electron chi connectivity index (χ0n) is 10.8.